The molecule has 0 aliphatic carbocycles. The third-order valence-electron chi connectivity index (χ3n) is 3.34. The molecule has 0 unspecified atom stereocenters. The first-order valence-corrected chi connectivity index (χ1v) is 6.85. The standard InChI is InChI=1S/C12H18BrN3O2/c1-14-2-4-15(5-3-14)6-7-16-9-10(12(17)18)8-11(16)13/h8-9H,2-7H2,1H3,(H,17,18). The number of carboxylic acids is 1. The summed E-state index contributed by atoms with van der Waals surface area (Å²) in [4.78, 5) is 15.6. The number of nitrogens with zero attached hydrogens (tertiary/aromatic N) is 3. The second-order valence-corrected chi connectivity index (χ2v) is 5.51. The van der Waals surface area contributed by atoms with Gasteiger partial charge < -0.3 is 14.6 Å². The predicted molar refractivity (Wildman–Crippen MR) is 73.0 cm³/mol. The van der Waals surface area contributed by atoms with E-state index in [1.807, 2.05) is 4.57 Å². The van der Waals surface area contributed by atoms with E-state index in [0.717, 1.165) is 43.9 Å². The predicted octanol–water partition coefficient (Wildman–Crippen LogP) is 1.20. The summed E-state index contributed by atoms with van der Waals surface area (Å²) in [5.41, 5.74) is 0.334. The summed E-state index contributed by atoms with van der Waals surface area (Å²) >= 11 is 3.39. The Labute approximate surface area is 115 Å². The lowest BCUT2D eigenvalue weighted by molar-refractivity contribution is 0.0696. The van der Waals surface area contributed by atoms with Crippen molar-refractivity contribution in [2.75, 3.05) is 39.8 Å². The van der Waals surface area contributed by atoms with Gasteiger partial charge in [-0.05, 0) is 29.0 Å². The van der Waals surface area contributed by atoms with Crippen LogP contribution in [0.15, 0.2) is 16.9 Å². The number of aromatic carboxylic acids is 1. The molecular formula is C12H18BrN3O2. The van der Waals surface area contributed by atoms with Gasteiger partial charge in [0.15, 0.2) is 0 Å². The SMILES string of the molecule is CN1CCN(CCn2cc(C(=O)O)cc2Br)CC1. The summed E-state index contributed by atoms with van der Waals surface area (Å²) in [7, 11) is 2.14. The van der Waals surface area contributed by atoms with Crippen molar-refractivity contribution < 1.29 is 9.90 Å². The zero-order chi connectivity index (χ0) is 13.1. The molecule has 1 aromatic heterocycles. The van der Waals surface area contributed by atoms with Crippen LogP contribution in [0.2, 0.25) is 0 Å². The van der Waals surface area contributed by atoms with Crippen LogP contribution in [0.4, 0.5) is 0 Å². The van der Waals surface area contributed by atoms with E-state index < -0.39 is 5.97 Å². The number of rotatable bonds is 4. The van der Waals surface area contributed by atoms with Crippen molar-refractivity contribution in [2.45, 2.75) is 6.54 Å². The number of hydrogen-bond donors (Lipinski definition) is 1. The van der Waals surface area contributed by atoms with E-state index in [0.29, 0.717) is 5.56 Å². The van der Waals surface area contributed by atoms with Crippen molar-refractivity contribution in [3.63, 3.8) is 0 Å². The highest BCUT2D eigenvalue weighted by molar-refractivity contribution is 9.10. The molecule has 0 spiro atoms. The molecule has 0 bridgehead atoms. The summed E-state index contributed by atoms with van der Waals surface area (Å²) in [6.45, 7) is 6.15. The number of hydrogen-bond acceptors (Lipinski definition) is 3. The molecule has 2 rings (SSSR count). The largest absolute Gasteiger partial charge is 0.478 e. The van der Waals surface area contributed by atoms with Gasteiger partial charge in [-0.25, -0.2) is 4.79 Å². The Balaban J connectivity index is 1.88. The van der Waals surface area contributed by atoms with Gasteiger partial charge in [0.2, 0.25) is 0 Å². The number of halogens is 1. The first kappa shape index (κ1) is 13.6. The first-order valence-electron chi connectivity index (χ1n) is 6.06. The number of carbonyl (C=O) groups is 1. The molecular weight excluding hydrogens is 298 g/mol. The lowest BCUT2D eigenvalue weighted by atomic mass is 10.3. The Morgan fingerprint density at radius 2 is 2.00 bits per heavy atom. The van der Waals surface area contributed by atoms with Crippen LogP contribution in [0.1, 0.15) is 10.4 Å². The van der Waals surface area contributed by atoms with E-state index in [1.165, 1.54) is 0 Å². The van der Waals surface area contributed by atoms with Crippen LogP contribution in [0.5, 0.6) is 0 Å². The van der Waals surface area contributed by atoms with Crippen LogP contribution >= 0.6 is 15.9 Å². The summed E-state index contributed by atoms with van der Waals surface area (Å²) in [5, 5.41) is 8.92. The third-order valence-corrected chi connectivity index (χ3v) is 4.03. The zero-order valence-electron chi connectivity index (χ0n) is 10.5. The molecule has 1 aromatic rings. The van der Waals surface area contributed by atoms with Gasteiger partial charge >= 0.3 is 5.97 Å². The van der Waals surface area contributed by atoms with Gasteiger partial charge in [-0.3, -0.25) is 4.90 Å². The van der Waals surface area contributed by atoms with Gasteiger partial charge in [-0.2, -0.15) is 0 Å². The summed E-state index contributed by atoms with van der Waals surface area (Å²) in [6, 6.07) is 1.65. The topological polar surface area (TPSA) is 48.7 Å². The maximum Gasteiger partial charge on any atom is 0.337 e. The maximum absolute atomic E-state index is 10.9. The quantitative estimate of drug-likeness (QED) is 0.907. The lowest BCUT2D eigenvalue weighted by Crippen LogP contribution is -2.45. The van der Waals surface area contributed by atoms with Gasteiger partial charge in [-0.15, -0.1) is 0 Å². The van der Waals surface area contributed by atoms with Crippen molar-refractivity contribution in [3.8, 4) is 0 Å². The molecule has 1 aliphatic heterocycles. The van der Waals surface area contributed by atoms with Crippen LogP contribution in [0.3, 0.4) is 0 Å². The average molecular weight is 316 g/mol. The summed E-state index contributed by atoms with van der Waals surface area (Å²) in [6.07, 6.45) is 1.68. The Morgan fingerprint density at radius 1 is 1.33 bits per heavy atom. The molecule has 100 valence electrons. The lowest BCUT2D eigenvalue weighted by Gasteiger charge is -2.32. The van der Waals surface area contributed by atoms with Gasteiger partial charge in [0.05, 0.1) is 10.2 Å². The first-order chi connectivity index (χ1) is 8.56. The molecule has 0 saturated carbocycles. The molecule has 0 atom stereocenters. The van der Waals surface area contributed by atoms with Crippen molar-refractivity contribution >= 4 is 21.9 Å². The van der Waals surface area contributed by atoms with E-state index >= 15 is 0 Å². The van der Waals surface area contributed by atoms with E-state index in [1.54, 1.807) is 12.3 Å². The van der Waals surface area contributed by atoms with Crippen LogP contribution in [-0.4, -0.2) is 65.2 Å². The monoisotopic (exact) mass is 315 g/mol. The van der Waals surface area contributed by atoms with Crippen LogP contribution in [0.25, 0.3) is 0 Å². The molecule has 0 radical (unpaired) electrons. The highest BCUT2D eigenvalue weighted by atomic mass is 79.9. The molecule has 2 heterocycles. The molecule has 0 amide bonds. The fourth-order valence-electron chi connectivity index (χ4n) is 2.09. The number of aromatic nitrogens is 1. The van der Waals surface area contributed by atoms with Crippen molar-refractivity contribution in [1.29, 1.82) is 0 Å². The molecule has 5 nitrogen and oxygen atoms in total. The molecule has 0 aromatic carbocycles. The minimum atomic E-state index is -0.881. The minimum Gasteiger partial charge on any atom is -0.478 e. The van der Waals surface area contributed by atoms with E-state index in [2.05, 4.69) is 32.8 Å². The second kappa shape index (κ2) is 5.86. The maximum atomic E-state index is 10.9. The average Bonchev–Trinajstić information content (AvgIpc) is 2.70. The van der Waals surface area contributed by atoms with Gasteiger partial charge in [0.1, 0.15) is 0 Å². The minimum absolute atomic E-state index is 0.334. The molecule has 1 N–H and O–H groups in total. The molecule has 18 heavy (non-hydrogen) atoms. The van der Waals surface area contributed by atoms with Crippen LogP contribution in [-0.2, 0) is 6.54 Å². The van der Waals surface area contributed by atoms with Crippen LogP contribution in [0, 0.1) is 0 Å². The van der Waals surface area contributed by atoms with Crippen molar-refractivity contribution in [2.24, 2.45) is 0 Å². The molecule has 1 saturated heterocycles. The van der Waals surface area contributed by atoms with Gasteiger partial charge in [-0.1, -0.05) is 0 Å². The Hall–Kier alpha value is -0.850. The van der Waals surface area contributed by atoms with Gasteiger partial charge in [0.25, 0.3) is 0 Å². The fourth-order valence-corrected chi connectivity index (χ4v) is 2.61. The summed E-state index contributed by atoms with van der Waals surface area (Å²) in [5.74, 6) is -0.881. The van der Waals surface area contributed by atoms with Crippen LogP contribution < -0.4 is 0 Å². The third kappa shape index (κ3) is 3.34. The number of piperazine rings is 1. The van der Waals surface area contributed by atoms with E-state index in [9.17, 15) is 4.79 Å². The normalized spacial score (nSPS) is 18.1. The van der Waals surface area contributed by atoms with E-state index in [4.69, 9.17) is 5.11 Å². The molecule has 1 aliphatic rings. The smallest absolute Gasteiger partial charge is 0.337 e. The molecule has 1 fully saturated rings. The fraction of sp³-hybridized carbons (Fsp3) is 0.583. The molecule has 6 heteroatoms. The highest BCUT2D eigenvalue weighted by Crippen LogP contribution is 2.15. The van der Waals surface area contributed by atoms with Gasteiger partial charge in [0, 0.05) is 45.5 Å². The second-order valence-electron chi connectivity index (χ2n) is 4.69. The van der Waals surface area contributed by atoms with E-state index in [-0.39, 0.29) is 0 Å². The zero-order valence-corrected chi connectivity index (χ0v) is 12.1. The summed E-state index contributed by atoms with van der Waals surface area (Å²) < 4.78 is 2.77. The van der Waals surface area contributed by atoms with Crippen molar-refractivity contribution in [3.05, 3.63) is 22.4 Å². The Kier molecular flexibility index (Phi) is 4.42. The Bertz CT molecular complexity index is 425. The number of carboxylic acid groups (broad SMARTS) is 1. The number of likely N-dealkylation sites (N-methyl/N-ethyl adjacent to an activating group) is 1. The van der Waals surface area contributed by atoms with Crippen molar-refractivity contribution in [1.82, 2.24) is 14.4 Å². The highest BCUT2D eigenvalue weighted by Gasteiger charge is 2.14. The Morgan fingerprint density at radius 3 is 2.56 bits per heavy atom.